The van der Waals surface area contributed by atoms with E-state index in [4.69, 9.17) is 0 Å². The summed E-state index contributed by atoms with van der Waals surface area (Å²) >= 11 is 0. The highest BCUT2D eigenvalue weighted by Crippen LogP contribution is 2.30. The van der Waals surface area contributed by atoms with Crippen molar-refractivity contribution in [2.45, 2.75) is 57.3 Å². The van der Waals surface area contributed by atoms with Crippen molar-refractivity contribution in [1.29, 1.82) is 0 Å². The van der Waals surface area contributed by atoms with Gasteiger partial charge in [-0.25, -0.2) is 4.98 Å². The third kappa shape index (κ3) is 3.94. The van der Waals surface area contributed by atoms with Crippen LogP contribution in [0.1, 0.15) is 63.1 Å². The summed E-state index contributed by atoms with van der Waals surface area (Å²) in [5.41, 5.74) is 0.961. The number of pyridine rings is 1. The lowest BCUT2D eigenvalue weighted by atomic mass is 9.96. The normalized spacial score (nSPS) is 21.2. The average Bonchev–Trinajstić information content (AvgIpc) is 3.39. The summed E-state index contributed by atoms with van der Waals surface area (Å²) in [6.45, 7) is 1.64. The van der Waals surface area contributed by atoms with E-state index >= 15 is 0 Å². The molecule has 1 amide bonds. The van der Waals surface area contributed by atoms with Crippen molar-refractivity contribution in [3.8, 4) is 11.4 Å². The minimum absolute atomic E-state index is 0.252. The largest absolute Gasteiger partial charge is 0.342 e. The van der Waals surface area contributed by atoms with Gasteiger partial charge in [0.05, 0.1) is 0 Å². The maximum Gasteiger partial charge on any atom is 0.222 e. The van der Waals surface area contributed by atoms with Crippen LogP contribution < -0.4 is 0 Å². The molecule has 1 saturated carbocycles. The number of aromatic nitrogens is 4. The zero-order chi connectivity index (χ0) is 17.8. The molecule has 1 aliphatic carbocycles. The number of hydrogen-bond acceptors (Lipinski definition) is 4. The molecule has 6 nitrogen and oxygen atoms in total. The number of aromatic amines is 1. The SMILES string of the molecule is O=C(CCC1CCCC1)N1CCCC(c2nc(-c3ccncc3)n[nH]2)C1. The highest BCUT2D eigenvalue weighted by Gasteiger charge is 2.27. The fraction of sp³-hybridized carbons (Fsp3) is 0.600. The first-order valence-corrected chi connectivity index (χ1v) is 9.90. The molecule has 1 atom stereocenters. The van der Waals surface area contributed by atoms with Gasteiger partial charge in [0.1, 0.15) is 5.82 Å². The molecule has 0 spiro atoms. The van der Waals surface area contributed by atoms with Crippen molar-refractivity contribution in [2.75, 3.05) is 13.1 Å². The van der Waals surface area contributed by atoms with Gasteiger partial charge in [-0.15, -0.1) is 0 Å². The van der Waals surface area contributed by atoms with Gasteiger partial charge >= 0.3 is 0 Å². The van der Waals surface area contributed by atoms with Crippen molar-refractivity contribution in [3.05, 3.63) is 30.4 Å². The molecule has 26 heavy (non-hydrogen) atoms. The molecule has 3 heterocycles. The number of likely N-dealkylation sites (tertiary alicyclic amines) is 1. The van der Waals surface area contributed by atoms with E-state index in [1.54, 1.807) is 12.4 Å². The van der Waals surface area contributed by atoms with Crippen LogP contribution in [0.2, 0.25) is 0 Å². The second-order valence-corrected chi connectivity index (χ2v) is 7.65. The molecule has 0 bridgehead atoms. The second-order valence-electron chi connectivity index (χ2n) is 7.65. The van der Waals surface area contributed by atoms with Crippen molar-refractivity contribution in [2.24, 2.45) is 5.92 Å². The van der Waals surface area contributed by atoms with Crippen LogP contribution >= 0.6 is 0 Å². The van der Waals surface area contributed by atoms with Gasteiger partial charge in [-0.05, 0) is 37.3 Å². The Morgan fingerprint density at radius 1 is 1.15 bits per heavy atom. The monoisotopic (exact) mass is 353 g/mol. The third-order valence-electron chi connectivity index (χ3n) is 5.84. The molecule has 2 aromatic rings. The summed E-state index contributed by atoms with van der Waals surface area (Å²) in [7, 11) is 0. The zero-order valence-corrected chi connectivity index (χ0v) is 15.2. The van der Waals surface area contributed by atoms with Crippen LogP contribution in [-0.2, 0) is 4.79 Å². The first-order chi connectivity index (χ1) is 12.8. The van der Waals surface area contributed by atoms with E-state index in [-0.39, 0.29) is 5.92 Å². The molecule has 4 rings (SSSR count). The molecule has 1 aliphatic heterocycles. The van der Waals surface area contributed by atoms with E-state index in [1.807, 2.05) is 17.0 Å². The maximum atomic E-state index is 12.6. The van der Waals surface area contributed by atoms with Crippen molar-refractivity contribution < 1.29 is 4.79 Å². The lowest BCUT2D eigenvalue weighted by Gasteiger charge is -2.32. The highest BCUT2D eigenvalue weighted by atomic mass is 16.2. The Kier molecular flexibility index (Phi) is 5.27. The molecular weight excluding hydrogens is 326 g/mol. The number of amides is 1. The van der Waals surface area contributed by atoms with Crippen LogP contribution in [0.3, 0.4) is 0 Å². The Bertz CT molecular complexity index is 723. The Hall–Kier alpha value is -2.24. The van der Waals surface area contributed by atoms with E-state index in [0.29, 0.717) is 18.2 Å². The van der Waals surface area contributed by atoms with E-state index < -0.39 is 0 Å². The molecular formula is C20H27N5O. The zero-order valence-electron chi connectivity index (χ0n) is 15.2. The van der Waals surface area contributed by atoms with E-state index in [0.717, 1.165) is 49.7 Å². The Labute approximate surface area is 154 Å². The first-order valence-electron chi connectivity index (χ1n) is 9.90. The van der Waals surface area contributed by atoms with Gasteiger partial charge in [-0.1, -0.05) is 25.7 Å². The molecule has 0 aromatic carbocycles. The summed E-state index contributed by atoms with van der Waals surface area (Å²) in [4.78, 5) is 23.4. The minimum atomic E-state index is 0.252. The molecule has 6 heteroatoms. The molecule has 1 saturated heterocycles. The van der Waals surface area contributed by atoms with Crippen molar-refractivity contribution >= 4 is 5.91 Å². The number of carbonyl (C=O) groups excluding carboxylic acids is 1. The molecule has 2 aliphatic rings. The molecule has 2 aromatic heterocycles. The summed E-state index contributed by atoms with van der Waals surface area (Å²) in [5.74, 6) is 2.94. The van der Waals surface area contributed by atoms with Gasteiger partial charge in [0.15, 0.2) is 5.82 Å². The summed E-state index contributed by atoms with van der Waals surface area (Å²) in [6, 6.07) is 3.82. The number of nitrogens with zero attached hydrogens (tertiary/aromatic N) is 4. The molecule has 1 N–H and O–H groups in total. The number of piperidine rings is 1. The second kappa shape index (κ2) is 7.98. The van der Waals surface area contributed by atoms with Gasteiger partial charge < -0.3 is 4.90 Å². The van der Waals surface area contributed by atoms with E-state index in [9.17, 15) is 4.79 Å². The summed E-state index contributed by atoms with van der Waals surface area (Å²) < 4.78 is 0. The van der Waals surface area contributed by atoms with Gasteiger partial charge in [0.2, 0.25) is 5.91 Å². The van der Waals surface area contributed by atoms with Crippen LogP contribution in [0.25, 0.3) is 11.4 Å². The maximum absolute atomic E-state index is 12.6. The number of carbonyl (C=O) groups is 1. The molecule has 138 valence electrons. The topological polar surface area (TPSA) is 74.8 Å². The van der Waals surface area contributed by atoms with Crippen LogP contribution in [0.5, 0.6) is 0 Å². The number of hydrogen-bond donors (Lipinski definition) is 1. The number of H-pyrrole nitrogens is 1. The van der Waals surface area contributed by atoms with Crippen molar-refractivity contribution in [1.82, 2.24) is 25.1 Å². The van der Waals surface area contributed by atoms with Gasteiger partial charge in [0, 0.05) is 43.4 Å². The Balaban J connectivity index is 1.36. The Morgan fingerprint density at radius 2 is 1.96 bits per heavy atom. The van der Waals surface area contributed by atoms with Gasteiger partial charge in [-0.2, -0.15) is 5.10 Å². The predicted molar refractivity (Wildman–Crippen MR) is 99.4 cm³/mol. The Morgan fingerprint density at radius 3 is 2.77 bits per heavy atom. The third-order valence-corrected chi connectivity index (χ3v) is 5.84. The van der Waals surface area contributed by atoms with Crippen LogP contribution in [-0.4, -0.2) is 44.1 Å². The quantitative estimate of drug-likeness (QED) is 0.892. The predicted octanol–water partition coefficient (Wildman–Crippen LogP) is 3.54. The van der Waals surface area contributed by atoms with E-state index in [1.165, 1.54) is 25.7 Å². The van der Waals surface area contributed by atoms with Crippen molar-refractivity contribution in [3.63, 3.8) is 0 Å². The first kappa shape index (κ1) is 17.2. The summed E-state index contributed by atoms with van der Waals surface area (Å²) in [5, 5.41) is 7.44. The smallest absolute Gasteiger partial charge is 0.222 e. The van der Waals surface area contributed by atoms with Gasteiger partial charge in [-0.3, -0.25) is 14.9 Å². The molecule has 1 unspecified atom stereocenters. The van der Waals surface area contributed by atoms with Crippen LogP contribution in [0, 0.1) is 5.92 Å². The molecule has 0 radical (unpaired) electrons. The number of rotatable bonds is 5. The van der Waals surface area contributed by atoms with Gasteiger partial charge in [0.25, 0.3) is 0 Å². The minimum Gasteiger partial charge on any atom is -0.342 e. The standard InChI is InChI=1S/C20H27N5O/c26-18(8-7-15-4-1-2-5-15)25-13-3-6-17(14-25)20-22-19(23-24-20)16-9-11-21-12-10-16/h9-12,15,17H,1-8,13-14H2,(H,22,23,24). The number of nitrogens with one attached hydrogen (secondary N) is 1. The molecule has 2 fully saturated rings. The van der Waals surface area contributed by atoms with Crippen LogP contribution in [0.4, 0.5) is 0 Å². The highest BCUT2D eigenvalue weighted by molar-refractivity contribution is 5.76. The lowest BCUT2D eigenvalue weighted by molar-refractivity contribution is -0.132. The fourth-order valence-corrected chi connectivity index (χ4v) is 4.30. The lowest BCUT2D eigenvalue weighted by Crippen LogP contribution is -2.39. The average molecular weight is 353 g/mol. The van der Waals surface area contributed by atoms with E-state index in [2.05, 4.69) is 20.2 Å². The fourth-order valence-electron chi connectivity index (χ4n) is 4.30. The van der Waals surface area contributed by atoms with Crippen LogP contribution in [0.15, 0.2) is 24.5 Å². The summed E-state index contributed by atoms with van der Waals surface area (Å²) in [6.07, 6.45) is 12.7.